The molecule has 0 spiro atoms. The van der Waals surface area contributed by atoms with E-state index in [-0.39, 0.29) is 11.9 Å². The zero-order chi connectivity index (χ0) is 13.7. The highest BCUT2D eigenvalue weighted by molar-refractivity contribution is 9.10. The fourth-order valence-corrected chi connectivity index (χ4v) is 3.32. The summed E-state index contributed by atoms with van der Waals surface area (Å²) >= 11 is 3.44. The molecule has 2 atom stereocenters. The standard InChI is InChI=1S/C15H21BrFNO/c1-18-14(9-2-5-11-6-4-10-19-11)15-12(16)7-3-8-13(15)17/h3,7-8,11,14,18H,2,4-6,9-10H2,1H3. The van der Waals surface area contributed by atoms with E-state index in [0.717, 1.165) is 35.9 Å². The molecule has 0 bridgehead atoms. The number of rotatable bonds is 6. The number of halogens is 2. The highest BCUT2D eigenvalue weighted by Crippen LogP contribution is 2.30. The lowest BCUT2D eigenvalue weighted by Gasteiger charge is -2.19. The Morgan fingerprint density at radius 2 is 2.37 bits per heavy atom. The third kappa shape index (κ3) is 4.01. The van der Waals surface area contributed by atoms with Crippen molar-refractivity contribution in [3.05, 3.63) is 34.1 Å². The van der Waals surface area contributed by atoms with Gasteiger partial charge in [-0.1, -0.05) is 22.0 Å². The van der Waals surface area contributed by atoms with Gasteiger partial charge >= 0.3 is 0 Å². The van der Waals surface area contributed by atoms with Gasteiger partial charge in [-0.25, -0.2) is 4.39 Å². The molecular weight excluding hydrogens is 309 g/mol. The molecule has 0 aliphatic carbocycles. The summed E-state index contributed by atoms with van der Waals surface area (Å²) in [6.45, 7) is 0.902. The Hall–Kier alpha value is -0.450. The molecule has 2 nitrogen and oxygen atoms in total. The second-order valence-corrected chi connectivity index (χ2v) is 5.90. The summed E-state index contributed by atoms with van der Waals surface area (Å²) < 4.78 is 20.4. The summed E-state index contributed by atoms with van der Waals surface area (Å²) in [6, 6.07) is 5.19. The summed E-state index contributed by atoms with van der Waals surface area (Å²) in [6.07, 6.45) is 5.82. The molecule has 0 aromatic heterocycles. The molecule has 1 aromatic carbocycles. The van der Waals surface area contributed by atoms with Crippen LogP contribution in [0.3, 0.4) is 0 Å². The van der Waals surface area contributed by atoms with Crippen molar-refractivity contribution >= 4 is 15.9 Å². The zero-order valence-electron chi connectivity index (χ0n) is 11.3. The fourth-order valence-electron chi connectivity index (χ4n) is 2.70. The van der Waals surface area contributed by atoms with Crippen LogP contribution in [-0.2, 0) is 4.74 Å². The van der Waals surface area contributed by atoms with Gasteiger partial charge in [0.15, 0.2) is 0 Å². The highest BCUT2D eigenvalue weighted by atomic mass is 79.9. The first kappa shape index (κ1) is 14.9. The molecule has 1 aromatic rings. The first-order chi connectivity index (χ1) is 9.22. The van der Waals surface area contributed by atoms with Crippen molar-refractivity contribution in [2.24, 2.45) is 0 Å². The van der Waals surface area contributed by atoms with Crippen LogP contribution in [0.4, 0.5) is 4.39 Å². The lowest BCUT2D eigenvalue weighted by molar-refractivity contribution is 0.101. The minimum atomic E-state index is -0.147. The van der Waals surface area contributed by atoms with Gasteiger partial charge in [-0.05, 0) is 51.3 Å². The third-order valence-electron chi connectivity index (χ3n) is 3.74. The predicted octanol–water partition coefficient (Wildman–Crippen LogP) is 4.20. The number of hydrogen-bond donors (Lipinski definition) is 1. The largest absolute Gasteiger partial charge is 0.378 e. The van der Waals surface area contributed by atoms with Crippen molar-refractivity contribution in [3.63, 3.8) is 0 Å². The van der Waals surface area contributed by atoms with Crippen molar-refractivity contribution in [2.75, 3.05) is 13.7 Å². The predicted molar refractivity (Wildman–Crippen MR) is 78.7 cm³/mol. The van der Waals surface area contributed by atoms with Gasteiger partial charge in [-0.15, -0.1) is 0 Å². The number of ether oxygens (including phenoxy) is 1. The second-order valence-electron chi connectivity index (χ2n) is 5.04. The molecule has 0 amide bonds. The summed E-state index contributed by atoms with van der Waals surface area (Å²) in [5.74, 6) is -0.147. The average Bonchev–Trinajstić information content (AvgIpc) is 2.89. The van der Waals surface area contributed by atoms with Crippen LogP contribution >= 0.6 is 15.9 Å². The molecule has 4 heteroatoms. The molecule has 1 aliphatic rings. The smallest absolute Gasteiger partial charge is 0.129 e. The Balaban J connectivity index is 1.92. The average molecular weight is 330 g/mol. The molecule has 1 saturated heterocycles. The Morgan fingerprint density at radius 1 is 1.53 bits per heavy atom. The minimum absolute atomic E-state index is 0.0528. The van der Waals surface area contributed by atoms with Crippen molar-refractivity contribution in [1.29, 1.82) is 0 Å². The van der Waals surface area contributed by atoms with Gasteiger partial charge < -0.3 is 10.1 Å². The van der Waals surface area contributed by atoms with Crippen molar-refractivity contribution in [3.8, 4) is 0 Å². The van der Waals surface area contributed by atoms with Gasteiger partial charge in [0.25, 0.3) is 0 Å². The molecule has 1 N–H and O–H groups in total. The van der Waals surface area contributed by atoms with Crippen LogP contribution in [-0.4, -0.2) is 19.8 Å². The number of benzene rings is 1. The lowest BCUT2D eigenvalue weighted by Crippen LogP contribution is -2.19. The number of hydrogen-bond acceptors (Lipinski definition) is 2. The Kier molecular flexibility index (Phi) is 5.79. The molecule has 106 valence electrons. The van der Waals surface area contributed by atoms with Crippen molar-refractivity contribution < 1.29 is 9.13 Å². The van der Waals surface area contributed by atoms with Gasteiger partial charge in [-0.2, -0.15) is 0 Å². The van der Waals surface area contributed by atoms with E-state index in [1.807, 2.05) is 13.1 Å². The zero-order valence-corrected chi connectivity index (χ0v) is 12.9. The quantitative estimate of drug-likeness (QED) is 0.844. The van der Waals surface area contributed by atoms with Crippen LogP contribution in [0.1, 0.15) is 43.7 Å². The van der Waals surface area contributed by atoms with Crippen molar-refractivity contribution in [1.82, 2.24) is 5.32 Å². The van der Waals surface area contributed by atoms with Gasteiger partial charge in [0.2, 0.25) is 0 Å². The van der Waals surface area contributed by atoms with Crippen LogP contribution in [0, 0.1) is 5.82 Å². The van der Waals surface area contributed by atoms with Gasteiger partial charge in [0, 0.05) is 22.7 Å². The van der Waals surface area contributed by atoms with Crippen molar-refractivity contribution in [2.45, 2.75) is 44.2 Å². The van der Waals surface area contributed by atoms with E-state index < -0.39 is 0 Å². The van der Waals surface area contributed by atoms with E-state index in [0.29, 0.717) is 6.10 Å². The van der Waals surface area contributed by atoms with Crippen LogP contribution in [0.25, 0.3) is 0 Å². The third-order valence-corrected chi connectivity index (χ3v) is 4.43. The molecule has 19 heavy (non-hydrogen) atoms. The fraction of sp³-hybridized carbons (Fsp3) is 0.600. The van der Waals surface area contributed by atoms with Crippen LogP contribution in [0.5, 0.6) is 0 Å². The second kappa shape index (κ2) is 7.36. The van der Waals surface area contributed by atoms with E-state index in [1.165, 1.54) is 18.9 Å². The van der Waals surface area contributed by atoms with Crippen LogP contribution in [0.15, 0.2) is 22.7 Å². The maximum atomic E-state index is 13.9. The van der Waals surface area contributed by atoms with Gasteiger partial charge in [0.1, 0.15) is 5.82 Å². The SMILES string of the molecule is CNC(CCCC1CCCO1)c1c(F)cccc1Br. The van der Waals surface area contributed by atoms with Crippen LogP contribution in [0.2, 0.25) is 0 Å². The first-order valence-corrected chi connectivity index (χ1v) is 7.74. The van der Waals surface area contributed by atoms with E-state index in [2.05, 4.69) is 21.2 Å². The summed E-state index contributed by atoms with van der Waals surface area (Å²) in [5.41, 5.74) is 0.734. The maximum Gasteiger partial charge on any atom is 0.129 e. The van der Waals surface area contributed by atoms with E-state index in [1.54, 1.807) is 6.07 Å². The minimum Gasteiger partial charge on any atom is -0.378 e. The molecule has 1 aliphatic heterocycles. The Bertz CT molecular complexity index is 387. The van der Waals surface area contributed by atoms with E-state index in [9.17, 15) is 4.39 Å². The highest BCUT2D eigenvalue weighted by Gasteiger charge is 2.19. The molecular formula is C15H21BrFNO. The number of nitrogens with one attached hydrogen (secondary N) is 1. The summed E-state index contributed by atoms with van der Waals surface area (Å²) in [5, 5.41) is 3.21. The first-order valence-electron chi connectivity index (χ1n) is 6.95. The summed E-state index contributed by atoms with van der Waals surface area (Å²) in [7, 11) is 1.88. The van der Waals surface area contributed by atoms with Gasteiger partial charge in [-0.3, -0.25) is 0 Å². The molecule has 0 radical (unpaired) electrons. The molecule has 1 fully saturated rings. The Labute approximate surface area is 122 Å². The van der Waals surface area contributed by atoms with Crippen LogP contribution < -0.4 is 5.32 Å². The van der Waals surface area contributed by atoms with E-state index >= 15 is 0 Å². The molecule has 2 unspecified atom stereocenters. The topological polar surface area (TPSA) is 21.3 Å². The van der Waals surface area contributed by atoms with E-state index in [4.69, 9.17) is 4.74 Å². The van der Waals surface area contributed by atoms with Gasteiger partial charge in [0.05, 0.1) is 6.10 Å². The monoisotopic (exact) mass is 329 g/mol. The molecule has 0 saturated carbocycles. The molecule has 1 heterocycles. The maximum absolute atomic E-state index is 13.9. The molecule has 2 rings (SSSR count). The Morgan fingerprint density at radius 3 is 3.00 bits per heavy atom. The lowest BCUT2D eigenvalue weighted by atomic mass is 9.99. The normalized spacial score (nSPS) is 20.7. The summed E-state index contributed by atoms with van der Waals surface area (Å²) in [4.78, 5) is 0.